The van der Waals surface area contributed by atoms with Crippen LogP contribution in [0.5, 0.6) is 11.8 Å². The number of piperidine rings is 2. The summed E-state index contributed by atoms with van der Waals surface area (Å²) in [5.41, 5.74) is -3.47. The van der Waals surface area contributed by atoms with Gasteiger partial charge < -0.3 is 57.2 Å². The van der Waals surface area contributed by atoms with E-state index in [1.54, 1.807) is 138 Å². The number of nitrogens with zero attached hydrogens (tertiary/aromatic N) is 8. The van der Waals surface area contributed by atoms with E-state index in [0.29, 0.717) is 33.3 Å². The second-order valence-electron chi connectivity index (χ2n) is 32.5. The molecule has 110 heavy (non-hydrogen) atoms. The second-order valence-corrected chi connectivity index (χ2v) is 32.5. The van der Waals surface area contributed by atoms with E-state index in [-0.39, 0.29) is 133 Å². The van der Waals surface area contributed by atoms with Gasteiger partial charge in [-0.1, -0.05) is 0 Å². The summed E-state index contributed by atoms with van der Waals surface area (Å²) in [5, 5.41) is 10.9. The van der Waals surface area contributed by atoms with E-state index in [2.05, 4.69) is 41.2 Å². The Balaban J connectivity index is 0.000000253. The van der Waals surface area contributed by atoms with Crippen LogP contribution < -0.4 is 40.5 Å². The van der Waals surface area contributed by atoms with Crippen LogP contribution in [0.1, 0.15) is 149 Å². The lowest BCUT2D eigenvalue weighted by atomic mass is 9.96. The van der Waals surface area contributed by atoms with Crippen molar-refractivity contribution in [1.29, 1.82) is 0 Å². The third kappa shape index (κ3) is 21.3. The molecule has 2 saturated heterocycles. The van der Waals surface area contributed by atoms with Crippen molar-refractivity contribution in [3.8, 4) is 34.0 Å². The quantitative estimate of drug-likeness (QED) is 0.0812. The minimum atomic E-state index is -1.67. The molecule has 10 rings (SSSR count). The number of anilines is 6. The number of pyridine rings is 4. The number of carbonyl (C=O) groups is 8. The van der Waals surface area contributed by atoms with Crippen molar-refractivity contribution in [2.24, 2.45) is 0 Å². The molecule has 596 valence electrons. The molecule has 0 bridgehead atoms. The number of benzene rings is 2. The van der Waals surface area contributed by atoms with Crippen LogP contribution in [0.15, 0.2) is 49.1 Å². The number of carbonyl (C=O) groups excluding carboxylic acids is 8. The summed E-state index contributed by atoms with van der Waals surface area (Å²) >= 11 is 0. The fraction of sp³-hybridized carbons (Fsp3) is 0.526. The zero-order valence-corrected chi connectivity index (χ0v) is 65.4. The number of rotatable bonds is 8. The highest BCUT2D eigenvalue weighted by Gasteiger charge is 2.40. The summed E-state index contributed by atoms with van der Waals surface area (Å²) in [4.78, 5) is 126. The Morgan fingerprint density at radius 3 is 1.06 bits per heavy atom. The fourth-order valence-electron chi connectivity index (χ4n) is 11.9. The lowest BCUT2D eigenvalue weighted by Gasteiger charge is -2.35. The molecule has 0 spiro atoms. The smallest absolute Gasteiger partial charge is 0.415 e. The van der Waals surface area contributed by atoms with E-state index in [0.717, 1.165) is 0 Å². The molecule has 0 radical (unpaired) electrons. The Morgan fingerprint density at radius 2 is 0.745 bits per heavy atom. The average molecular weight is 1540 g/mol. The van der Waals surface area contributed by atoms with Gasteiger partial charge in [0.05, 0.1) is 37.6 Å². The summed E-state index contributed by atoms with van der Waals surface area (Å²) < 4.78 is 119. The van der Waals surface area contributed by atoms with Gasteiger partial charge in [-0.25, -0.2) is 75.9 Å². The van der Waals surface area contributed by atoms with Gasteiger partial charge in [-0.3, -0.25) is 31.1 Å². The molecule has 4 N–H and O–H groups in total. The van der Waals surface area contributed by atoms with E-state index in [9.17, 15) is 38.4 Å². The van der Waals surface area contributed by atoms with Gasteiger partial charge in [0.1, 0.15) is 82.0 Å². The normalized spacial score (nSPS) is 17.5. The lowest BCUT2D eigenvalue weighted by Crippen LogP contribution is -2.50. The maximum Gasteiger partial charge on any atom is 0.415 e. The van der Waals surface area contributed by atoms with Crippen molar-refractivity contribution in [1.82, 2.24) is 29.7 Å². The van der Waals surface area contributed by atoms with E-state index >= 15 is 17.6 Å². The predicted molar refractivity (Wildman–Crippen MR) is 400 cm³/mol. The maximum atomic E-state index is 16.7. The summed E-state index contributed by atoms with van der Waals surface area (Å²) in [5.74, 6) is -1.43. The van der Waals surface area contributed by atoms with Gasteiger partial charge >= 0.3 is 48.7 Å². The van der Waals surface area contributed by atoms with Crippen molar-refractivity contribution in [3.63, 3.8) is 0 Å². The standard InChI is InChI=1S/2C38H48F2N6O9/c2*1-20-23(17-42-31-30(20)46(13-14-51-31)35(50)55-38(8,9)10)22-15-21-16-27(41-18-24(21)29(28(22)40)44-33(48)53-36(2,3)4)43-32(47)52-26-11-12-45(19-25(26)39)34(49)54-37(5,6)7/h2*15-18,25-26H,11-14,19H2,1-10H3,(H,44,48)(H,41,43,47)/t2*25-,26-/m10/s1. The van der Waals surface area contributed by atoms with Crippen LogP contribution in [-0.4, -0.2) is 189 Å². The Hall–Kier alpha value is -11.0. The molecule has 0 saturated carbocycles. The Kier molecular flexibility index (Phi) is 24.4. The number of likely N-dealkylation sites (tertiary alicyclic amines) is 2. The minimum Gasteiger partial charge on any atom is -0.474 e. The van der Waals surface area contributed by atoms with Gasteiger partial charge in [-0.15, -0.1) is 0 Å². The molecule has 2 aromatic carbocycles. The summed E-state index contributed by atoms with van der Waals surface area (Å²) in [6.07, 6.45) is -6.74. The highest BCUT2D eigenvalue weighted by Crippen LogP contribution is 2.46. The number of hydrogen-bond donors (Lipinski definition) is 4. The highest BCUT2D eigenvalue weighted by molar-refractivity contribution is 6.07. The molecule has 2 fully saturated rings. The SMILES string of the molecule is Cc1c(-c2cc3cc(NC(=O)O[C@@H]4CCN(C(=O)OC(C)(C)C)C[C@H]4F)ncc3c(NC(=O)OC(C)(C)C)c2F)cnc2c1N(C(=O)OC(C)(C)C)CCO2.Cc1c(-c2cc3cc(NC(=O)O[C@H]4CCN(C(=O)OC(C)(C)C)C[C@@H]4F)ncc3c(NC(=O)OC(C)(C)C)c2F)cnc2c1N(C(=O)OC(C)(C)C)CCO2. The number of amides is 8. The monoisotopic (exact) mass is 1540 g/mol. The first-order valence-electron chi connectivity index (χ1n) is 35.7. The van der Waals surface area contributed by atoms with Gasteiger partial charge in [-0.05, 0) is 185 Å². The van der Waals surface area contributed by atoms with Crippen molar-refractivity contribution in [2.75, 3.05) is 83.5 Å². The zero-order valence-electron chi connectivity index (χ0n) is 65.4. The van der Waals surface area contributed by atoms with Gasteiger partial charge in [-0.2, -0.15) is 0 Å². The van der Waals surface area contributed by atoms with Gasteiger partial charge in [0.25, 0.3) is 0 Å². The molecule has 0 aliphatic carbocycles. The predicted octanol–water partition coefficient (Wildman–Crippen LogP) is 16.2. The van der Waals surface area contributed by atoms with Crippen LogP contribution in [0.3, 0.4) is 0 Å². The molecule has 34 heteroatoms. The van der Waals surface area contributed by atoms with Crippen LogP contribution in [0, 0.1) is 25.5 Å². The number of ether oxygens (including phenoxy) is 10. The van der Waals surface area contributed by atoms with Crippen LogP contribution in [0.4, 0.5) is 90.3 Å². The Morgan fingerprint density at radius 1 is 0.418 bits per heavy atom. The molecular weight excluding hydrogens is 1440 g/mol. The molecule has 4 aromatic heterocycles. The van der Waals surface area contributed by atoms with Crippen LogP contribution >= 0.6 is 0 Å². The second kappa shape index (κ2) is 32.3. The van der Waals surface area contributed by atoms with Gasteiger partial charge in [0.2, 0.25) is 11.8 Å². The summed E-state index contributed by atoms with van der Waals surface area (Å²) in [6.45, 7) is 34.2. The van der Waals surface area contributed by atoms with Gasteiger partial charge in [0, 0.05) is 83.7 Å². The third-order valence-corrected chi connectivity index (χ3v) is 16.4. The van der Waals surface area contributed by atoms with Crippen LogP contribution in [0.25, 0.3) is 43.8 Å². The molecule has 4 aliphatic rings. The van der Waals surface area contributed by atoms with Crippen LogP contribution in [-0.2, 0) is 37.9 Å². The summed E-state index contributed by atoms with van der Waals surface area (Å²) in [7, 11) is 0. The van der Waals surface area contributed by atoms with Crippen molar-refractivity contribution in [2.45, 2.75) is 209 Å². The molecule has 8 amide bonds. The van der Waals surface area contributed by atoms with E-state index in [1.165, 1.54) is 68.7 Å². The number of aromatic nitrogens is 4. The number of nitrogens with one attached hydrogen (secondary N) is 4. The number of halogens is 4. The molecule has 8 heterocycles. The Labute approximate surface area is 634 Å². The number of hydrogen-bond acceptors (Lipinski definition) is 22. The first kappa shape index (κ1) is 83.1. The van der Waals surface area contributed by atoms with E-state index in [4.69, 9.17) is 47.4 Å². The van der Waals surface area contributed by atoms with Crippen LogP contribution in [0.2, 0.25) is 0 Å². The maximum absolute atomic E-state index is 16.7. The molecule has 6 aromatic rings. The molecule has 30 nitrogen and oxygen atoms in total. The highest BCUT2D eigenvalue weighted by atomic mass is 19.1. The first-order valence-corrected chi connectivity index (χ1v) is 35.7. The van der Waals surface area contributed by atoms with Crippen molar-refractivity contribution >= 4 is 105 Å². The molecular formula is C76H96F4N12O18. The fourth-order valence-corrected chi connectivity index (χ4v) is 11.9. The Bertz CT molecular complexity index is 4260. The van der Waals surface area contributed by atoms with E-state index in [1.807, 2.05) is 0 Å². The number of fused-ring (bicyclic) bond motifs is 4. The van der Waals surface area contributed by atoms with Crippen molar-refractivity contribution < 1.29 is 103 Å². The largest absolute Gasteiger partial charge is 0.474 e. The molecule has 0 unspecified atom stereocenters. The van der Waals surface area contributed by atoms with Crippen molar-refractivity contribution in [3.05, 3.63) is 71.8 Å². The molecule has 4 atom stereocenters. The number of alkyl halides is 2. The van der Waals surface area contributed by atoms with Gasteiger partial charge in [0.15, 0.2) is 24.0 Å². The third-order valence-electron chi connectivity index (χ3n) is 16.4. The minimum absolute atomic E-state index is 0.0159. The summed E-state index contributed by atoms with van der Waals surface area (Å²) in [6, 6.07) is 5.81. The first-order chi connectivity index (χ1) is 51.0. The topological polar surface area (TPSA) is 342 Å². The lowest BCUT2D eigenvalue weighted by molar-refractivity contribution is -0.0220. The average Bonchev–Trinajstić information content (AvgIpc) is 0.754. The zero-order chi connectivity index (χ0) is 81.2. The molecule has 4 aliphatic heterocycles. The van der Waals surface area contributed by atoms with E-state index < -0.39 is 119 Å².